The smallest absolute Gasteiger partial charge is 0.293 e. The molecule has 23 heavy (non-hydrogen) atoms. The van der Waals surface area contributed by atoms with E-state index in [0.29, 0.717) is 18.1 Å². The van der Waals surface area contributed by atoms with Crippen LogP contribution in [0.5, 0.6) is 0 Å². The van der Waals surface area contributed by atoms with Gasteiger partial charge in [-0.1, -0.05) is 13.8 Å². The number of thioether (sulfide) groups is 1. The second-order valence-corrected chi connectivity index (χ2v) is 7.15. The van der Waals surface area contributed by atoms with E-state index in [1.165, 1.54) is 4.90 Å². The molecule has 1 saturated heterocycles. The minimum Gasteiger partial charge on any atom is -0.383 e. The van der Waals surface area contributed by atoms with Gasteiger partial charge in [0.05, 0.1) is 11.5 Å². The molecule has 1 aromatic rings. The van der Waals surface area contributed by atoms with E-state index in [9.17, 15) is 9.59 Å². The average molecular weight is 336 g/mol. The van der Waals surface area contributed by atoms with Crippen LogP contribution in [0.2, 0.25) is 0 Å². The second-order valence-electron chi connectivity index (χ2n) is 6.16. The standard InChI is InChI=1S/C17H24N2O3S/c1-11(2)10-19-16(20)15(23-17(19)21)9-14-8-12(3)18(13(14)4)6-7-22-5/h8-9,11H,6-7,10H2,1-5H3/b15-9-. The Kier molecular flexibility index (Phi) is 5.70. The largest absolute Gasteiger partial charge is 0.383 e. The monoisotopic (exact) mass is 336 g/mol. The lowest BCUT2D eigenvalue weighted by molar-refractivity contribution is -0.123. The molecule has 0 aromatic carbocycles. The van der Waals surface area contributed by atoms with Gasteiger partial charge in [-0.3, -0.25) is 14.5 Å². The fourth-order valence-electron chi connectivity index (χ4n) is 2.66. The molecule has 0 unspecified atom stereocenters. The minimum absolute atomic E-state index is 0.178. The topological polar surface area (TPSA) is 51.5 Å². The molecule has 0 radical (unpaired) electrons. The molecule has 0 spiro atoms. The molecule has 2 rings (SSSR count). The summed E-state index contributed by atoms with van der Waals surface area (Å²) in [4.78, 5) is 26.3. The number of amides is 2. The highest BCUT2D eigenvalue weighted by Crippen LogP contribution is 2.33. The van der Waals surface area contributed by atoms with Gasteiger partial charge in [0.1, 0.15) is 0 Å². The van der Waals surface area contributed by atoms with E-state index in [4.69, 9.17) is 4.74 Å². The maximum absolute atomic E-state index is 12.4. The van der Waals surface area contributed by atoms with Gasteiger partial charge in [0.15, 0.2) is 0 Å². The van der Waals surface area contributed by atoms with E-state index in [-0.39, 0.29) is 17.1 Å². The highest BCUT2D eigenvalue weighted by molar-refractivity contribution is 8.18. The Morgan fingerprint density at radius 1 is 1.30 bits per heavy atom. The zero-order chi connectivity index (χ0) is 17.1. The molecule has 0 saturated carbocycles. The van der Waals surface area contributed by atoms with Crippen molar-refractivity contribution >= 4 is 29.0 Å². The summed E-state index contributed by atoms with van der Waals surface area (Å²) in [6.45, 7) is 9.93. The molecule has 0 N–H and O–H groups in total. The Labute approximate surface area is 141 Å². The van der Waals surface area contributed by atoms with Gasteiger partial charge in [0.2, 0.25) is 0 Å². The molecule has 1 aromatic heterocycles. The first-order chi connectivity index (χ1) is 10.8. The van der Waals surface area contributed by atoms with Gasteiger partial charge >= 0.3 is 0 Å². The van der Waals surface area contributed by atoms with Crippen molar-refractivity contribution < 1.29 is 14.3 Å². The number of nitrogens with zero attached hydrogens (tertiary/aromatic N) is 2. The zero-order valence-corrected chi connectivity index (χ0v) is 15.2. The lowest BCUT2D eigenvalue weighted by Gasteiger charge is -2.14. The van der Waals surface area contributed by atoms with Crippen molar-refractivity contribution in [2.24, 2.45) is 5.92 Å². The number of rotatable bonds is 6. The highest BCUT2D eigenvalue weighted by Gasteiger charge is 2.35. The van der Waals surface area contributed by atoms with E-state index < -0.39 is 0 Å². The Morgan fingerprint density at radius 3 is 2.61 bits per heavy atom. The number of carbonyl (C=O) groups excluding carboxylic acids is 2. The third kappa shape index (κ3) is 3.87. The number of hydrogen-bond donors (Lipinski definition) is 0. The quantitative estimate of drug-likeness (QED) is 0.747. The Balaban J connectivity index is 2.26. The number of carbonyl (C=O) groups is 2. The van der Waals surface area contributed by atoms with Crippen LogP contribution in [-0.2, 0) is 16.1 Å². The van der Waals surface area contributed by atoms with Crippen molar-refractivity contribution in [3.63, 3.8) is 0 Å². The average Bonchev–Trinajstić information content (AvgIpc) is 2.88. The van der Waals surface area contributed by atoms with Crippen molar-refractivity contribution in [1.82, 2.24) is 9.47 Å². The number of methoxy groups -OCH3 is 1. The molecular formula is C17H24N2O3S. The van der Waals surface area contributed by atoms with E-state index in [1.54, 1.807) is 7.11 Å². The Morgan fingerprint density at radius 2 is 2.00 bits per heavy atom. The molecule has 5 nitrogen and oxygen atoms in total. The van der Waals surface area contributed by atoms with Crippen molar-refractivity contribution in [3.8, 4) is 0 Å². The summed E-state index contributed by atoms with van der Waals surface area (Å²) in [6, 6.07) is 2.04. The second kappa shape index (κ2) is 7.36. The van der Waals surface area contributed by atoms with Gasteiger partial charge in [0, 0.05) is 31.6 Å². The Bertz CT molecular complexity index is 647. The molecule has 1 fully saturated rings. The summed E-state index contributed by atoms with van der Waals surface area (Å²) in [5, 5.41) is -0.178. The van der Waals surface area contributed by atoms with Crippen LogP contribution in [0.1, 0.15) is 30.8 Å². The molecule has 126 valence electrons. The van der Waals surface area contributed by atoms with Crippen LogP contribution in [-0.4, -0.2) is 40.9 Å². The van der Waals surface area contributed by atoms with Crippen LogP contribution < -0.4 is 0 Å². The number of ether oxygens (including phenoxy) is 1. The first-order valence-electron chi connectivity index (χ1n) is 7.76. The van der Waals surface area contributed by atoms with Crippen LogP contribution >= 0.6 is 11.8 Å². The lowest BCUT2D eigenvalue weighted by atomic mass is 10.2. The maximum atomic E-state index is 12.4. The van der Waals surface area contributed by atoms with Gasteiger partial charge < -0.3 is 9.30 Å². The normalized spacial score (nSPS) is 17.1. The molecule has 2 amide bonds. The molecule has 1 aliphatic heterocycles. The third-order valence-corrected chi connectivity index (χ3v) is 4.75. The summed E-state index contributed by atoms with van der Waals surface area (Å²) < 4.78 is 7.30. The maximum Gasteiger partial charge on any atom is 0.293 e. The Hall–Kier alpha value is -1.53. The van der Waals surface area contributed by atoms with E-state index in [2.05, 4.69) is 4.57 Å². The van der Waals surface area contributed by atoms with Gasteiger partial charge in [-0.15, -0.1) is 0 Å². The first-order valence-corrected chi connectivity index (χ1v) is 8.57. The third-order valence-electron chi connectivity index (χ3n) is 3.84. The van der Waals surface area contributed by atoms with Gasteiger partial charge in [0.25, 0.3) is 11.1 Å². The van der Waals surface area contributed by atoms with Crippen molar-refractivity contribution in [2.75, 3.05) is 20.3 Å². The van der Waals surface area contributed by atoms with Gasteiger partial charge in [-0.05, 0) is 49.2 Å². The van der Waals surface area contributed by atoms with Crippen molar-refractivity contribution in [1.29, 1.82) is 0 Å². The first kappa shape index (κ1) is 17.8. The molecule has 6 heteroatoms. The van der Waals surface area contributed by atoms with E-state index in [1.807, 2.05) is 39.8 Å². The molecule has 1 aliphatic rings. The fourth-order valence-corrected chi connectivity index (χ4v) is 3.50. The lowest BCUT2D eigenvalue weighted by Crippen LogP contribution is -2.31. The van der Waals surface area contributed by atoms with Gasteiger partial charge in [-0.25, -0.2) is 0 Å². The van der Waals surface area contributed by atoms with Gasteiger partial charge in [-0.2, -0.15) is 0 Å². The summed E-state index contributed by atoms with van der Waals surface area (Å²) >= 11 is 1.02. The van der Waals surface area contributed by atoms with Crippen molar-refractivity contribution in [2.45, 2.75) is 34.2 Å². The summed E-state index contributed by atoms with van der Waals surface area (Å²) in [5.74, 6) is 0.0809. The minimum atomic E-state index is -0.185. The van der Waals surface area contributed by atoms with Crippen LogP contribution in [0.4, 0.5) is 4.79 Å². The van der Waals surface area contributed by atoms with Crippen LogP contribution in [0.25, 0.3) is 6.08 Å². The van der Waals surface area contributed by atoms with Crippen molar-refractivity contribution in [3.05, 3.63) is 27.9 Å². The summed E-state index contributed by atoms with van der Waals surface area (Å²) in [6.07, 6.45) is 1.83. The van der Waals surface area contributed by atoms with Crippen LogP contribution in [0, 0.1) is 19.8 Å². The predicted molar refractivity (Wildman–Crippen MR) is 93.3 cm³/mol. The number of hydrogen-bond acceptors (Lipinski definition) is 4. The molecule has 0 bridgehead atoms. The molecule has 0 aliphatic carbocycles. The van der Waals surface area contributed by atoms with E-state index in [0.717, 1.165) is 35.3 Å². The summed E-state index contributed by atoms with van der Waals surface area (Å²) in [7, 11) is 1.68. The zero-order valence-electron chi connectivity index (χ0n) is 14.4. The van der Waals surface area contributed by atoms with Crippen LogP contribution in [0.3, 0.4) is 0 Å². The molecule has 2 heterocycles. The molecular weight excluding hydrogens is 312 g/mol. The highest BCUT2D eigenvalue weighted by atomic mass is 32.2. The SMILES string of the molecule is COCCn1c(C)cc(/C=C2\SC(=O)N(CC(C)C)C2=O)c1C. The molecule has 0 atom stereocenters. The summed E-state index contributed by atoms with van der Waals surface area (Å²) in [5.41, 5.74) is 3.18. The predicted octanol–water partition coefficient (Wildman–Crippen LogP) is 3.44. The fraction of sp³-hybridized carbons (Fsp3) is 0.529. The van der Waals surface area contributed by atoms with Crippen LogP contribution in [0.15, 0.2) is 11.0 Å². The number of aromatic nitrogens is 1. The number of imide groups is 1. The number of aryl methyl sites for hydroxylation is 1. The van der Waals surface area contributed by atoms with E-state index >= 15 is 0 Å².